The van der Waals surface area contributed by atoms with Crippen LogP contribution in [0, 0.1) is 5.82 Å². The molecule has 1 aromatic carbocycles. The Labute approximate surface area is 64.6 Å². The zero-order chi connectivity index (χ0) is 8.27. The van der Waals surface area contributed by atoms with Gasteiger partial charge in [0.2, 0.25) is 0 Å². The smallest absolute Gasteiger partial charge is 0.196 e. The molecule has 0 bridgehead atoms. The van der Waals surface area contributed by atoms with Crippen LogP contribution >= 0.6 is 0 Å². The van der Waals surface area contributed by atoms with Crippen LogP contribution in [-0.2, 0) is 0 Å². The van der Waals surface area contributed by atoms with E-state index in [-0.39, 0.29) is 5.75 Å². The van der Waals surface area contributed by atoms with Gasteiger partial charge in [-0.2, -0.15) is 0 Å². The van der Waals surface area contributed by atoms with Gasteiger partial charge in [-0.05, 0) is 12.1 Å². The van der Waals surface area contributed by atoms with Gasteiger partial charge in [-0.25, -0.2) is 4.39 Å². The molecule has 0 aliphatic carbocycles. The molecule has 0 aliphatic heterocycles. The second-order valence-corrected chi connectivity index (χ2v) is 1.98. The number of hydrogen-bond acceptors (Lipinski definition) is 2. The molecule has 1 rings (SSSR count). The first-order valence-electron chi connectivity index (χ1n) is 3.16. The molecule has 3 heteroatoms. The zero-order valence-electron chi connectivity index (χ0n) is 6.43. The van der Waals surface area contributed by atoms with Crippen LogP contribution < -0.4 is 9.47 Å². The minimum Gasteiger partial charge on any atom is -0.493 e. The zero-order valence-corrected chi connectivity index (χ0v) is 6.43. The van der Waals surface area contributed by atoms with Crippen LogP contribution in [0.2, 0.25) is 0 Å². The molecule has 0 unspecified atom stereocenters. The van der Waals surface area contributed by atoms with Crippen molar-refractivity contribution in [1.29, 1.82) is 0 Å². The lowest BCUT2D eigenvalue weighted by Gasteiger charge is -2.06. The van der Waals surface area contributed by atoms with Crippen LogP contribution in [0.25, 0.3) is 0 Å². The number of hydrogen-bond donors (Lipinski definition) is 0. The summed E-state index contributed by atoms with van der Waals surface area (Å²) in [5.41, 5.74) is 0. The fourth-order valence-corrected chi connectivity index (χ4v) is 0.848. The van der Waals surface area contributed by atoms with Crippen LogP contribution in [0.1, 0.15) is 0 Å². The summed E-state index contributed by atoms with van der Waals surface area (Å²) in [5, 5.41) is 0. The number of para-hydroxylation sites is 1. The van der Waals surface area contributed by atoms with Gasteiger partial charge in [0.25, 0.3) is 0 Å². The summed E-state index contributed by atoms with van der Waals surface area (Å²) in [4.78, 5) is 0. The van der Waals surface area contributed by atoms with Crippen molar-refractivity contribution in [2.45, 2.75) is 0 Å². The molecule has 0 fully saturated rings. The second kappa shape index (κ2) is 3.23. The van der Waals surface area contributed by atoms with Gasteiger partial charge in [-0.1, -0.05) is 6.07 Å². The largest absolute Gasteiger partial charge is 0.493 e. The SMILES string of the molecule is COc1cccc(F)c1OC. The molecule has 11 heavy (non-hydrogen) atoms. The maximum atomic E-state index is 12.8. The Hall–Kier alpha value is -1.25. The fourth-order valence-electron chi connectivity index (χ4n) is 0.848. The van der Waals surface area contributed by atoms with Gasteiger partial charge in [-0.15, -0.1) is 0 Å². The first-order chi connectivity index (χ1) is 5.29. The van der Waals surface area contributed by atoms with Crippen LogP contribution in [0.5, 0.6) is 11.5 Å². The molecule has 0 saturated carbocycles. The maximum absolute atomic E-state index is 12.8. The van der Waals surface area contributed by atoms with Crippen molar-refractivity contribution in [2.75, 3.05) is 14.2 Å². The average Bonchev–Trinajstić information content (AvgIpc) is 2.04. The van der Waals surface area contributed by atoms with Crippen LogP contribution in [0.4, 0.5) is 4.39 Å². The second-order valence-electron chi connectivity index (χ2n) is 1.98. The predicted octanol–water partition coefficient (Wildman–Crippen LogP) is 1.84. The van der Waals surface area contributed by atoms with E-state index in [1.807, 2.05) is 0 Å². The molecule has 0 amide bonds. The highest BCUT2D eigenvalue weighted by molar-refractivity contribution is 5.40. The van der Waals surface area contributed by atoms with Crippen molar-refractivity contribution >= 4 is 0 Å². The third kappa shape index (κ3) is 1.42. The molecule has 60 valence electrons. The van der Waals surface area contributed by atoms with Crippen LogP contribution in [-0.4, -0.2) is 14.2 Å². The summed E-state index contributed by atoms with van der Waals surface area (Å²) in [6, 6.07) is 4.53. The highest BCUT2D eigenvalue weighted by Crippen LogP contribution is 2.28. The quantitative estimate of drug-likeness (QED) is 0.650. The molecule has 0 aromatic heterocycles. The predicted molar refractivity (Wildman–Crippen MR) is 39.5 cm³/mol. The normalized spacial score (nSPS) is 9.36. The Morgan fingerprint density at radius 1 is 1.18 bits per heavy atom. The number of methoxy groups -OCH3 is 2. The van der Waals surface area contributed by atoms with Gasteiger partial charge in [0.15, 0.2) is 17.3 Å². The van der Waals surface area contributed by atoms with Crippen molar-refractivity contribution in [2.24, 2.45) is 0 Å². The highest BCUT2D eigenvalue weighted by Gasteiger charge is 2.07. The minimum absolute atomic E-state index is 0.148. The van der Waals surface area contributed by atoms with Crippen LogP contribution in [0.15, 0.2) is 18.2 Å². The Balaban J connectivity index is 3.13. The Morgan fingerprint density at radius 3 is 2.36 bits per heavy atom. The molecule has 0 heterocycles. The number of halogens is 1. The highest BCUT2D eigenvalue weighted by atomic mass is 19.1. The molecule has 0 saturated heterocycles. The van der Waals surface area contributed by atoms with E-state index in [1.165, 1.54) is 20.3 Å². The summed E-state index contributed by atoms with van der Waals surface area (Å²) >= 11 is 0. The van der Waals surface area contributed by atoms with Crippen molar-refractivity contribution < 1.29 is 13.9 Å². The lowest BCUT2D eigenvalue weighted by Crippen LogP contribution is -1.92. The molecule has 0 aliphatic rings. The van der Waals surface area contributed by atoms with E-state index in [1.54, 1.807) is 12.1 Å². The number of rotatable bonds is 2. The number of benzene rings is 1. The van der Waals surface area contributed by atoms with Crippen molar-refractivity contribution in [3.05, 3.63) is 24.0 Å². The van der Waals surface area contributed by atoms with E-state index < -0.39 is 5.82 Å². The first kappa shape index (κ1) is 7.85. The molecule has 0 atom stereocenters. The Bertz CT molecular complexity index is 248. The monoisotopic (exact) mass is 156 g/mol. The van der Waals surface area contributed by atoms with E-state index in [0.29, 0.717) is 5.75 Å². The van der Waals surface area contributed by atoms with Gasteiger partial charge < -0.3 is 9.47 Å². The fraction of sp³-hybridized carbons (Fsp3) is 0.250. The lowest BCUT2D eigenvalue weighted by atomic mass is 10.3. The van der Waals surface area contributed by atoms with Crippen molar-refractivity contribution in [3.63, 3.8) is 0 Å². The first-order valence-corrected chi connectivity index (χ1v) is 3.16. The van der Waals surface area contributed by atoms with E-state index in [2.05, 4.69) is 0 Å². The molecular formula is C8H9FO2. The van der Waals surface area contributed by atoms with Gasteiger partial charge in [0.05, 0.1) is 14.2 Å². The number of ether oxygens (including phenoxy) is 2. The summed E-state index contributed by atoms with van der Waals surface area (Å²) in [6.07, 6.45) is 0. The Morgan fingerprint density at radius 2 is 1.91 bits per heavy atom. The molecule has 0 radical (unpaired) electrons. The minimum atomic E-state index is -0.410. The van der Waals surface area contributed by atoms with E-state index >= 15 is 0 Å². The third-order valence-electron chi connectivity index (χ3n) is 1.35. The molecular weight excluding hydrogens is 147 g/mol. The molecule has 0 N–H and O–H groups in total. The topological polar surface area (TPSA) is 18.5 Å². The standard InChI is InChI=1S/C8H9FO2/c1-10-7-5-3-4-6(9)8(7)11-2/h3-5H,1-2H3. The van der Waals surface area contributed by atoms with Crippen molar-refractivity contribution in [1.82, 2.24) is 0 Å². The third-order valence-corrected chi connectivity index (χ3v) is 1.35. The average molecular weight is 156 g/mol. The molecule has 1 aromatic rings. The van der Waals surface area contributed by atoms with E-state index in [4.69, 9.17) is 9.47 Å². The molecule has 0 spiro atoms. The van der Waals surface area contributed by atoms with Gasteiger partial charge >= 0.3 is 0 Å². The summed E-state index contributed by atoms with van der Waals surface area (Å²) in [6.45, 7) is 0. The van der Waals surface area contributed by atoms with Crippen LogP contribution in [0.3, 0.4) is 0 Å². The van der Waals surface area contributed by atoms with Gasteiger partial charge in [0.1, 0.15) is 0 Å². The summed E-state index contributed by atoms with van der Waals surface area (Å²) in [7, 11) is 2.87. The summed E-state index contributed by atoms with van der Waals surface area (Å²) in [5.74, 6) is 0.148. The van der Waals surface area contributed by atoms with E-state index in [0.717, 1.165) is 0 Å². The Kier molecular flexibility index (Phi) is 2.31. The van der Waals surface area contributed by atoms with Gasteiger partial charge in [0, 0.05) is 0 Å². The lowest BCUT2D eigenvalue weighted by molar-refractivity contribution is 0.337. The summed E-state index contributed by atoms with van der Waals surface area (Å²) < 4.78 is 22.5. The van der Waals surface area contributed by atoms with Crippen molar-refractivity contribution in [3.8, 4) is 11.5 Å². The van der Waals surface area contributed by atoms with Gasteiger partial charge in [-0.3, -0.25) is 0 Å². The van der Waals surface area contributed by atoms with E-state index in [9.17, 15) is 4.39 Å². The maximum Gasteiger partial charge on any atom is 0.196 e. The molecule has 2 nitrogen and oxygen atoms in total.